The van der Waals surface area contributed by atoms with E-state index in [-0.39, 0.29) is 0 Å². The molecule has 0 spiro atoms. The number of thiophene rings is 1. The summed E-state index contributed by atoms with van der Waals surface area (Å²) in [5.41, 5.74) is 1.53. The zero-order valence-corrected chi connectivity index (χ0v) is 14.7. The minimum Gasteiger partial charge on any atom is -0.316 e. The largest absolute Gasteiger partial charge is 0.316 e. The van der Waals surface area contributed by atoms with E-state index in [0.29, 0.717) is 0 Å². The second-order valence-corrected chi connectivity index (χ2v) is 7.92. The minimum absolute atomic E-state index is 0.728. The quantitative estimate of drug-likeness (QED) is 0.693. The van der Waals surface area contributed by atoms with Gasteiger partial charge in [0, 0.05) is 4.70 Å². The van der Waals surface area contributed by atoms with Crippen molar-refractivity contribution < 1.29 is 0 Å². The first-order valence-electron chi connectivity index (χ1n) is 8.22. The van der Waals surface area contributed by atoms with Crippen molar-refractivity contribution in [1.82, 2.24) is 5.32 Å². The first kappa shape index (κ1) is 16.5. The molecule has 0 bridgehead atoms. The third-order valence-corrected chi connectivity index (χ3v) is 4.87. The van der Waals surface area contributed by atoms with E-state index in [4.69, 9.17) is 0 Å². The summed E-state index contributed by atoms with van der Waals surface area (Å²) < 4.78 is 1.42. The molecule has 2 heteroatoms. The predicted octanol–water partition coefficient (Wildman–Crippen LogP) is 5.35. The zero-order chi connectivity index (χ0) is 15.2. The molecular weight excluding hydrogens is 274 g/mol. The Morgan fingerprint density at radius 3 is 2.48 bits per heavy atom. The molecule has 0 fully saturated rings. The van der Waals surface area contributed by atoms with Gasteiger partial charge in [-0.3, -0.25) is 0 Å². The Labute approximate surface area is 133 Å². The Morgan fingerprint density at radius 2 is 1.76 bits per heavy atom. The molecule has 0 saturated carbocycles. The molecule has 1 N–H and O–H groups in total. The van der Waals surface area contributed by atoms with Gasteiger partial charge in [0.05, 0.1) is 0 Å². The van der Waals surface area contributed by atoms with Crippen LogP contribution in [0.4, 0.5) is 0 Å². The normalized spacial score (nSPS) is 13.4. The van der Waals surface area contributed by atoms with Crippen LogP contribution >= 0.6 is 11.3 Å². The molecule has 0 saturated heterocycles. The van der Waals surface area contributed by atoms with Gasteiger partial charge in [0.2, 0.25) is 0 Å². The molecule has 0 aliphatic heterocycles. The maximum atomic E-state index is 3.65. The lowest BCUT2D eigenvalue weighted by atomic mass is 9.90. The summed E-state index contributed by atoms with van der Waals surface area (Å²) in [6.45, 7) is 11.5. The summed E-state index contributed by atoms with van der Waals surface area (Å²) in [7, 11) is 0. The van der Waals surface area contributed by atoms with Gasteiger partial charge in [-0.05, 0) is 66.1 Å². The monoisotopic (exact) mass is 303 g/mol. The standard InChI is InChI=1S/C19H29NS/c1-14(2)9-16(12-20-11-15(3)4)10-17-13-21-19-8-6-5-7-18(17)19/h5-8,13-16,20H,9-12H2,1-4H3. The number of rotatable bonds is 8. The molecule has 1 aromatic heterocycles. The fraction of sp³-hybridized carbons (Fsp3) is 0.579. The van der Waals surface area contributed by atoms with Crippen molar-refractivity contribution in [3.8, 4) is 0 Å². The van der Waals surface area contributed by atoms with Crippen molar-refractivity contribution in [2.45, 2.75) is 40.5 Å². The lowest BCUT2D eigenvalue weighted by molar-refractivity contribution is 0.377. The van der Waals surface area contributed by atoms with Crippen LogP contribution in [0.25, 0.3) is 10.1 Å². The van der Waals surface area contributed by atoms with Crippen molar-refractivity contribution in [3.05, 3.63) is 35.2 Å². The van der Waals surface area contributed by atoms with Crippen LogP contribution in [0, 0.1) is 17.8 Å². The average Bonchev–Trinajstić information content (AvgIpc) is 2.81. The fourth-order valence-electron chi connectivity index (χ4n) is 2.98. The fourth-order valence-corrected chi connectivity index (χ4v) is 3.96. The average molecular weight is 304 g/mol. The molecule has 0 aliphatic carbocycles. The molecule has 21 heavy (non-hydrogen) atoms. The highest BCUT2D eigenvalue weighted by molar-refractivity contribution is 7.17. The van der Waals surface area contributed by atoms with Gasteiger partial charge in [0.15, 0.2) is 0 Å². The first-order chi connectivity index (χ1) is 10.1. The molecule has 2 aromatic rings. The van der Waals surface area contributed by atoms with Crippen molar-refractivity contribution in [1.29, 1.82) is 0 Å². The maximum absolute atomic E-state index is 3.65. The molecule has 1 aromatic carbocycles. The van der Waals surface area contributed by atoms with Crippen molar-refractivity contribution >= 4 is 21.4 Å². The lowest BCUT2D eigenvalue weighted by Crippen LogP contribution is -2.28. The molecule has 2 rings (SSSR count). The van der Waals surface area contributed by atoms with Crippen molar-refractivity contribution in [2.75, 3.05) is 13.1 Å². The SMILES string of the molecule is CC(C)CNCC(Cc1csc2ccccc12)CC(C)C. The molecular formula is C19H29NS. The lowest BCUT2D eigenvalue weighted by Gasteiger charge is -2.20. The van der Waals surface area contributed by atoms with Gasteiger partial charge in [-0.1, -0.05) is 45.9 Å². The highest BCUT2D eigenvalue weighted by Gasteiger charge is 2.14. The van der Waals surface area contributed by atoms with Crippen LogP contribution in [0.15, 0.2) is 29.6 Å². The van der Waals surface area contributed by atoms with E-state index in [0.717, 1.165) is 30.8 Å². The van der Waals surface area contributed by atoms with Gasteiger partial charge in [-0.25, -0.2) is 0 Å². The molecule has 1 unspecified atom stereocenters. The summed E-state index contributed by atoms with van der Waals surface area (Å²) in [6, 6.07) is 8.80. The second kappa shape index (κ2) is 7.95. The van der Waals surface area contributed by atoms with E-state index in [1.54, 1.807) is 0 Å². The van der Waals surface area contributed by atoms with Crippen LogP contribution in [-0.2, 0) is 6.42 Å². The van der Waals surface area contributed by atoms with E-state index in [1.807, 2.05) is 11.3 Å². The van der Waals surface area contributed by atoms with Gasteiger partial charge < -0.3 is 5.32 Å². The highest BCUT2D eigenvalue weighted by atomic mass is 32.1. The maximum Gasteiger partial charge on any atom is 0.0345 e. The summed E-state index contributed by atoms with van der Waals surface area (Å²) in [5, 5.41) is 7.47. The molecule has 0 amide bonds. The van der Waals surface area contributed by atoms with E-state index in [2.05, 4.69) is 62.7 Å². The smallest absolute Gasteiger partial charge is 0.0345 e. The molecule has 0 radical (unpaired) electrons. The summed E-state index contributed by atoms with van der Waals surface area (Å²) in [4.78, 5) is 0. The number of benzene rings is 1. The second-order valence-electron chi connectivity index (χ2n) is 7.01. The van der Waals surface area contributed by atoms with Crippen LogP contribution < -0.4 is 5.32 Å². The molecule has 1 heterocycles. The van der Waals surface area contributed by atoms with E-state index in [1.165, 1.54) is 28.5 Å². The first-order valence-corrected chi connectivity index (χ1v) is 9.10. The van der Waals surface area contributed by atoms with Crippen molar-refractivity contribution in [3.63, 3.8) is 0 Å². The van der Waals surface area contributed by atoms with Gasteiger partial charge in [0.1, 0.15) is 0 Å². The summed E-state index contributed by atoms with van der Waals surface area (Å²) >= 11 is 1.88. The number of fused-ring (bicyclic) bond motifs is 1. The Hall–Kier alpha value is -0.860. The Morgan fingerprint density at radius 1 is 1.00 bits per heavy atom. The van der Waals surface area contributed by atoms with Crippen LogP contribution in [0.2, 0.25) is 0 Å². The third kappa shape index (κ3) is 5.12. The Balaban J connectivity index is 2.03. The van der Waals surface area contributed by atoms with Crippen molar-refractivity contribution in [2.24, 2.45) is 17.8 Å². The summed E-state index contributed by atoms with van der Waals surface area (Å²) in [5.74, 6) is 2.23. The van der Waals surface area contributed by atoms with Gasteiger partial charge in [0.25, 0.3) is 0 Å². The number of nitrogens with one attached hydrogen (secondary N) is 1. The van der Waals surface area contributed by atoms with Gasteiger partial charge in [-0.2, -0.15) is 0 Å². The number of hydrogen-bond donors (Lipinski definition) is 1. The molecule has 1 atom stereocenters. The van der Waals surface area contributed by atoms with E-state index >= 15 is 0 Å². The number of hydrogen-bond acceptors (Lipinski definition) is 2. The highest BCUT2D eigenvalue weighted by Crippen LogP contribution is 2.28. The van der Waals surface area contributed by atoms with E-state index in [9.17, 15) is 0 Å². The topological polar surface area (TPSA) is 12.0 Å². The Kier molecular flexibility index (Phi) is 6.25. The molecule has 116 valence electrons. The van der Waals surface area contributed by atoms with Gasteiger partial charge >= 0.3 is 0 Å². The Bertz CT molecular complexity index is 541. The van der Waals surface area contributed by atoms with Crippen LogP contribution in [0.3, 0.4) is 0 Å². The minimum atomic E-state index is 0.728. The van der Waals surface area contributed by atoms with Crippen LogP contribution in [0.5, 0.6) is 0 Å². The zero-order valence-electron chi connectivity index (χ0n) is 13.9. The summed E-state index contributed by atoms with van der Waals surface area (Å²) in [6.07, 6.45) is 2.50. The molecule has 0 aliphatic rings. The van der Waals surface area contributed by atoms with Crippen LogP contribution in [0.1, 0.15) is 39.7 Å². The van der Waals surface area contributed by atoms with E-state index < -0.39 is 0 Å². The third-order valence-electron chi connectivity index (χ3n) is 3.86. The predicted molar refractivity (Wildman–Crippen MR) is 96.2 cm³/mol. The molecule has 1 nitrogen and oxygen atoms in total. The van der Waals surface area contributed by atoms with Gasteiger partial charge in [-0.15, -0.1) is 11.3 Å². The van der Waals surface area contributed by atoms with Crippen LogP contribution in [-0.4, -0.2) is 13.1 Å².